The number of hydrogen-bond acceptors (Lipinski definition) is 15. The van der Waals surface area contributed by atoms with E-state index in [1.807, 2.05) is 0 Å². The molecule has 660 valence electrons. The van der Waals surface area contributed by atoms with Gasteiger partial charge in [0.25, 0.3) is 0 Å². The number of phosphoric acid groups is 2. The number of carbonyl (C=O) groups is 4. The highest BCUT2D eigenvalue weighted by Gasteiger charge is 2.31. The largest absolute Gasteiger partial charge is 0.472 e. The van der Waals surface area contributed by atoms with E-state index < -0.39 is 97.5 Å². The number of aliphatic hydroxyl groups is 1. The fraction of sp³-hybridized carbons (Fsp3) is 0.957. The molecule has 0 spiro atoms. The van der Waals surface area contributed by atoms with Crippen LogP contribution in [0.1, 0.15) is 492 Å². The zero-order chi connectivity index (χ0) is 81.5. The van der Waals surface area contributed by atoms with Crippen LogP contribution in [0.3, 0.4) is 0 Å². The zero-order valence-electron chi connectivity index (χ0n) is 73.4. The number of phosphoric ester groups is 2. The lowest BCUT2D eigenvalue weighted by Gasteiger charge is -2.21. The maximum Gasteiger partial charge on any atom is 0.472 e. The molecule has 17 nitrogen and oxygen atoms in total. The molecule has 2 unspecified atom stereocenters. The van der Waals surface area contributed by atoms with E-state index in [0.717, 1.165) is 108 Å². The van der Waals surface area contributed by atoms with Crippen LogP contribution >= 0.6 is 15.6 Å². The Labute approximate surface area is 683 Å². The number of carbonyl (C=O) groups excluding carboxylic acids is 4. The van der Waals surface area contributed by atoms with Crippen LogP contribution in [0.5, 0.6) is 0 Å². The second-order valence-electron chi connectivity index (χ2n) is 34.5. The number of ether oxygens (including phenoxy) is 4. The summed E-state index contributed by atoms with van der Waals surface area (Å²) < 4.78 is 69.1. The van der Waals surface area contributed by atoms with Crippen molar-refractivity contribution in [3.63, 3.8) is 0 Å². The molecular weight excluding hydrogens is 1440 g/mol. The predicted octanol–water partition coefficient (Wildman–Crippen LogP) is 28.4. The van der Waals surface area contributed by atoms with E-state index in [-0.39, 0.29) is 25.7 Å². The molecule has 0 saturated carbocycles. The molecule has 5 atom stereocenters. The Hall–Kier alpha value is -1.94. The first-order valence-electron chi connectivity index (χ1n) is 47.3. The van der Waals surface area contributed by atoms with E-state index in [1.165, 1.54) is 302 Å². The molecule has 0 rings (SSSR count). The van der Waals surface area contributed by atoms with Crippen molar-refractivity contribution in [2.24, 2.45) is 17.8 Å². The predicted molar refractivity (Wildman–Crippen MR) is 460 cm³/mol. The van der Waals surface area contributed by atoms with Gasteiger partial charge >= 0.3 is 39.5 Å². The Morgan fingerprint density at radius 1 is 0.243 bits per heavy atom. The lowest BCUT2D eigenvalue weighted by molar-refractivity contribution is -0.161. The third-order valence-corrected chi connectivity index (χ3v) is 23.5. The van der Waals surface area contributed by atoms with Gasteiger partial charge in [-0.2, -0.15) is 0 Å². The summed E-state index contributed by atoms with van der Waals surface area (Å²) in [7, 11) is -9.94. The third kappa shape index (κ3) is 85.8. The van der Waals surface area contributed by atoms with Gasteiger partial charge in [-0.25, -0.2) is 9.13 Å². The van der Waals surface area contributed by atoms with E-state index in [1.54, 1.807) is 0 Å². The summed E-state index contributed by atoms with van der Waals surface area (Å²) in [6, 6.07) is 0. The number of aliphatic hydroxyl groups excluding tert-OH is 1. The Kier molecular flexibility index (Phi) is 80.4. The highest BCUT2D eigenvalue weighted by Crippen LogP contribution is 2.45. The summed E-state index contributed by atoms with van der Waals surface area (Å²) in [5.74, 6) is 0.261. The normalized spacial score (nSPS) is 13.8. The first kappa shape index (κ1) is 109. The fourth-order valence-electron chi connectivity index (χ4n) is 14.4. The molecule has 0 saturated heterocycles. The SMILES string of the molecule is CCCCCCCCCCCCCCCCCCCCCCCC(=O)OC[C@H](COP(=O)(O)OC[C@@H](O)COP(=O)(O)OC[C@@H](COC(=O)CCCCCCCCCCCC(C)C)OC(=O)CCCCCCCCCCCCCCCCC(C)C)OC(=O)CCCCCCCCCCCCCCCCCCCCC(C)C. The van der Waals surface area contributed by atoms with Crippen molar-refractivity contribution in [2.75, 3.05) is 39.6 Å². The van der Waals surface area contributed by atoms with Crippen molar-refractivity contribution in [3.8, 4) is 0 Å². The minimum Gasteiger partial charge on any atom is -0.462 e. The van der Waals surface area contributed by atoms with Crippen LogP contribution in [0, 0.1) is 17.8 Å². The molecule has 0 aromatic carbocycles. The minimum absolute atomic E-state index is 0.107. The van der Waals surface area contributed by atoms with E-state index in [0.29, 0.717) is 25.7 Å². The molecule has 0 heterocycles. The van der Waals surface area contributed by atoms with Crippen LogP contribution in [-0.4, -0.2) is 96.7 Å². The van der Waals surface area contributed by atoms with E-state index in [9.17, 15) is 43.2 Å². The summed E-state index contributed by atoms with van der Waals surface area (Å²) in [6.07, 6.45) is 75.1. The van der Waals surface area contributed by atoms with Crippen molar-refractivity contribution in [1.29, 1.82) is 0 Å². The van der Waals surface area contributed by atoms with Crippen LogP contribution in [0.4, 0.5) is 0 Å². The molecule has 0 aliphatic carbocycles. The summed E-state index contributed by atoms with van der Waals surface area (Å²) in [6.45, 7) is 12.1. The van der Waals surface area contributed by atoms with Gasteiger partial charge in [-0.3, -0.25) is 37.3 Å². The molecule has 0 bridgehead atoms. The number of hydrogen-bond donors (Lipinski definition) is 3. The van der Waals surface area contributed by atoms with E-state index >= 15 is 0 Å². The molecule has 3 N–H and O–H groups in total. The standard InChI is InChI=1S/C92H180O17P2/c1-8-9-10-11-12-13-14-15-16-17-18-19-20-24-27-33-38-45-52-59-66-73-89(94)102-79-87(108-91(96)75-68-61-54-46-39-34-28-25-22-21-23-26-31-36-42-49-56-63-70-83(2)3)81-106-110(98,99)104-77-86(93)78-105-111(100,101)107-82-88(80-103-90(95)74-67-60-53-48-41-44-51-58-65-72-85(6)7)109-92(97)76-69-62-55-47-40-35-30-29-32-37-43-50-57-64-71-84(4)5/h83-88,93H,8-82H2,1-7H3,(H,98,99)(H,100,101)/t86-,87-,88-/m1/s1. The summed E-state index contributed by atoms with van der Waals surface area (Å²) >= 11 is 0. The van der Waals surface area contributed by atoms with Crippen LogP contribution in [-0.2, 0) is 65.4 Å². The lowest BCUT2D eigenvalue weighted by Crippen LogP contribution is -2.30. The van der Waals surface area contributed by atoms with Gasteiger partial charge in [0.05, 0.1) is 26.4 Å². The fourth-order valence-corrected chi connectivity index (χ4v) is 16.0. The number of rotatable bonds is 90. The van der Waals surface area contributed by atoms with Gasteiger partial charge in [-0.05, 0) is 43.4 Å². The minimum atomic E-state index is -4.97. The maximum absolute atomic E-state index is 13.2. The Bertz CT molecular complexity index is 2130. The first-order valence-corrected chi connectivity index (χ1v) is 50.3. The third-order valence-electron chi connectivity index (χ3n) is 21.6. The average Bonchev–Trinajstić information content (AvgIpc) is 0.896. The monoisotopic (exact) mass is 1620 g/mol. The second kappa shape index (κ2) is 81.8. The first-order chi connectivity index (χ1) is 53.7. The summed E-state index contributed by atoms with van der Waals surface area (Å²) in [4.78, 5) is 73.5. The second-order valence-corrected chi connectivity index (χ2v) is 37.4. The molecule has 111 heavy (non-hydrogen) atoms. The lowest BCUT2D eigenvalue weighted by atomic mass is 10.0. The van der Waals surface area contributed by atoms with E-state index in [2.05, 4.69) is 48.5 Å². The van der Waals surface area contributed by atoms with Crippen molar-refractivity contribution in [2.45, 2.75) is 510 Å². The summed E-state index contributed by atoms with van der Waals surface area (Å²) in [5, 5.41) is 10.7. The van der Waals surface area contributed by atoms with Gasteiger partial charge in [0.2, 0.25) is 0 Å². The van der Waals surface area contributed by atoms with Crippen LogP contribution in [0.2, 0.25) is 0 Å². The molecule has 0 aliphatic rings. The van der Waals surface area contributed by atoms with Crippen molar-refractivity contribution < 1.29 is 80.2 Å². The Balaban J connectivity index is 5.24. The van der Waals surface area contributed by atoms with Crippen LogP contribution in [0.15, 0.2) is 0 Å². The van der Waals surface area contributed by atoms with Gasteiger partial charge in [0.15, 0.2) is 12.2 Å². The van der Waals surface area contributed by atoms with Gasteiger partial charge in [-0.15, -0.1) is 0 Å². The smallest absolute Gasteiger partial charge is 0.462 e. The quantitative estimate of drug-likeness (QED) is 0.0222. The molecular formula is C92H180O17P2. The average molecular weight is 1620 g/mol. The molecule has 0 aliphatic heterocycles. The van der Waals surface area contributed by atoms with Crippen molar-refractivity contribution >= 4 is 39.5 Å². The van der Waals surface area contributed by atoms with Gasteiger partial charge < -0.3 is 33.8 Å². The van der Waals surface area contributed by atoms with E-state index in [4.69, 9.17) is 37.0 Å². The van der Waals surface area contributed by atoms with Crippen molar-refractivity contribution in [3.05, 3.63) is 0 Å². The molecule has 19 heteroatoms. The highest BCUT2D eigenvalue weighted by molar-refractivity contribution is 7.47. The summed E-state index contributed by atoms with van der Waals surface area (Å²) in [5.41, 5.74) is 0. The van der Waals surface area contributed by atoms with Crippen molar-refractivity contribution in [1.82, 2.24) is 0 Å². The molecule has 0 radical (unpaired) electrons. The van der Waals surface area contributed by atoms with Gasteiger partial charge in [0.1, 0.15) is 19.3 Å². The zero-order valence-corrected chi connectivity index (χ0v) is 75.2. The topological polar surface area (TPSA) is 237 Å². The molecule has 0 aromatic rings. The van der Waals surface area contributed by atoms with Gasteiger partial charge in [0, 0.05) is 25.7 Å². The molecule has 0 aromatic heterocycles. The van der Waals surface area contributed by atoms with Crippen LogP contribution < -0.4 is 0 Å². The number of esters is 4. The Morgan fingerprint density at radius 3 is 0.613 bits per heavy atom. The Morgan fingerprint density at radius 2 is 0.414 bits per heavy atom. The molecule has 0 amide bonds. The molecule has 0 fully saturated rings. The maximum atomic E-state index is 13.2. The van der Waals surface area contributed by atoms with Gasteiger partial charge in [-0.1, -0.05) is 440 Å². The van der Waals surface area contributed by atoms with Crippen LogP contribution in [0.25, 0.3) is 0 Å². The highest BCUT2D eigenvalue weighted by atomic mass is 31.2. The number of unbranched alkanes of at least 4 members (excludes halogenated alkanes) is 58.